The molecule has 0 aromatic heterocycles. The van der Waals surface area contributed by atoms with Crippen LogP contribution in [0.15, 0.2) is 22.7 Å². The van der Waals surface area contributed by atoms with E-state index >= 15 is 0 Å². The van der Waals surface area contributed by atoms with Gasteiger partial charge in [-0.15, -0.1) is 0 Å². The molecule has 0 aliphatic heterocycles. The molecule has 20 heavy (non-hydrogen) atoms. The van der Waals surface area contributed by atoms with Crippen LogP contribution in [0.2, 0.25) is 0 Å². The molecule has 0 N–H and O–H groups in total. The van der Waals surface area contributed by atoms with Crippen LogP contribution < -0.4 is 4.74 Å². The first-order valence-electron chi connectivity index (χ1n) is 7.73. The first-order chi connectivity index (χ1) is 9.67. The van der Waals surface area contributed by atoms with Gasteiger partial charge in [0.1, 0.15) is 5.75 Å². The van der Waals surface area contributed by atoms with Crippen LogP contribution in [0.25, 0.3) is 0 Å². The van der Waals surface area contributed by atoms with E-state index in [2.05, 4.69) is 50.1 Å². The highest BCUT2D eigenvalue weighted by Crippen LogP contribution is 2.52. The van der Waals surface area contributed by atoms with Crippen molar-refractivity contribution in [1.29, 1.82) is 0 Å². The monoisotopic (exact) mass is 400 g/mol. The second-order valence-corrected chi connectivity index (χ2v) is 8.22. The molecule has 0 spiro atoms. The van der Waals surface area contributed by atoms with E-state index in [1.54, 1.807) is 0 Å². The smallest absolute Gasteiger partial charge is 0.133 e. The van der Waals surface area contributed by atoms with Gasteiger partial charge in [-0.3, -0.25) is 0 Å². The molecule has 1 aromatic carbocycles. The third kappa shape index (κ3) is 3.09. The summed E-state index contributed by atoms with van der Waals surface area (Å²) in [6.45, 7) is 2.73. The van der Waals surface area contributed by atoms with E-state index in [9.17, 15) is 0 Å². The minimum absolute atomic E-state index is 0.471. The zero-order valence-electron chi connectivity index (χ0n) is 11.9. The highest BCUT2D eigenvalue weighted by molar-refractivity contribution is 9.10. The van der Waals surface area contributed by atoms with E-state index in [0.29, 0.717) is 11.4 Å². The second kappa shape index (κ2) is 6.39. The molecule has 4 unspecified atom stereocenters. The van der Waals surface area contributed by atoms with Crippen LogP contribution in [0.5, 0.6) is 5.75 Å². The van der Waals surface area contributed by atoms with E-state index in [4.69, 9.17) is 4.74 Å². The fraction of sp³-hybridized carbons (Fsp3) is 0.647. The Kier molecular flexibility index (Phi) is 4.76. The summed E-state index contributed by atoms with van der Waals surface area (Å²) >= 11 is 7.52. The normalized spacial score (nSPS) is 29.6. The Morgan fingerprint density at radius 1 is 1.30 bits per heavy atom. The molecular weight excluding hydrogens is 380 g/mol. The van der Waals surface area contributed by atoms with Crippen LogP contribution in [-0.2, 0) is 0 Å². The minimum Gasteiger partial charge on any atom is -0.493 e. The van der Waals surface area contributed by atoms with Crippen LogP contribution >= 0.6 is 31.9 Å². The van der Waals surface area contributed by atoms with Gasteiger partial charge < -0.3 is 4.74 Å². The lowest BCUT2D eigenvalue weighted by atomic mass is 9.84. The minimum atomic E-state index is 0.471. The lowest BCUT2D eigenvalue weighted by Crippen LogP contribution is -2.12. The van der Waals surface area contributed by atoms with Crippen molar-refractivity contribution in [3.05, 3.63) is 28.2 Å². The van der Waals surface area contributed by atoms with Gasteiger partial charge in [-0.2, -0.15) is 0 Å². The van der Waals surface area contributed by atoms with Crippen LogP contribution in [0.3, 0.4) is 0 Å². The number of hydrogen-bond donors (Lipinski definition) is 0. The molecule has 2 aliphatic carbocycles. The number of alkyl halides is 1. The van der Waals surface area contributed by atoms with Gasteiger partial charge >= 0.3 is 0 Å². The van der Waals surface area contributed by atoms with Crippen molar-refractivity contribution in [1.82, 2.24) is 0 Å². The fourth-order valence-electron chi connectivity index (χ4n) is 4.05. The summed E-state index contributed by atoms with van der Waals surface area (Å²) in [5.74, 6) is 3.92. The van der Waals surface area contributed by atoms with E-state index in [1.807, 2.05) is 6.92 Å². The summed E-state index contributed by atoms with van der Waals surface area (Å²) in [5, 5.41) is 0. The van der Waals surface area contributed by atoms with E-state index in [1.165, 1.54) is 37.7 Å². The van der Waals surface area contributed by atoms with E-state index in [0.717, 1.165) is 28.0 Å². The zero-order valence-corrected chi connectivity index (χ0v) is 15.1. The Hall–Kier alpha value is -0.0200. The van der Waals surface area contributed by atoms with E-state index < -0.39 is 0 Å². The predicted molar refractivity (Wildman–Crippen MR) is 90.5 cm³/mol. The molecule has 2 fully saturated rings. The van der Waals surface area contributed by atoms with Crippen molar-refractivity contribution in [2.24, 2.45) is 17.8 Å². The van der Waals surface area contributed by atoms with Gasteiger partial charge in [-0.25, -0.2) is 0 Å². The number of rotatable bonds is 5. The van der Waals surface area contributed by atoms with Gasteiger partial charge in [-0.1, -0.05) is 28.4 Å². The summed E-state index contributed by atoms with van der Waals surface area (Å²) in [4.78, 5) is 0.471. The van der Waals surface area contributed by atoms with Crippen LogP contribution in [0, 0.1) is 17.8 Å². The van der Waals surface area contributed by atoms with Crippen molar-refractivity contribution < 1.29 is 4.74 Å². The fourth-order valence-corrected chi connectivity index (χ4v) is 5.33. The molecule has 2 aliphatic rings. The number of halogens is 2. The zero-order chi connectivity index (χ0) is 14.1. The highest BCUT2D eigenvalue weighted by Gasteiger charge is 2.39. The first kappa shape index (κ1) is 14.9. The highest BCUT2D eigenvalue weighted by atomic mass is 79.9. The maximum atomic E-state index is 5.58. The topological polar surface area (TPSA) is 9.23 Å². The van der Waals surface area contributed by atoms with Crippen molar-refractivity contribution in [3.63, 3.8) is 0 Å². The van der Waals surface area contributed by atoms with Crippen molar-refractivity contribution in [2.45, 2.75) is 43.9 Å². The Balaban J connectivity index is 1.65. The summed E-state index contributed by atoms with van der Waals surface area (Å²) in [7, 11) is 0. The summed E-state index contributed by atoms with van der Waals surface area (Å²) in [5.41, 5.74) is 1.36. The van der Waals surface area contributed by atoms with Crippen LogP contribution in [0.4, 0.5) is 0 Å². The summed E-state index contributed by atoms with van der Waals surface area (Å²) in [6.07, 6.45) is 7.20. The average molecular weight is 402 g/mol. The molecular formula is C17H22Br2O. The maximum absolute atomic E-state index is 5.58. The molecule has 2 saturated carbocycles. The molecule has 0 amide bonds. The van der Waals surface area contributed by atoms with Gasteiger partial charge in [-0.05, 0) is 84.0 Å². The SMILES string of the molecule is CCOc1ccc(C(Br)CC2CC3CCC2C3)cc1Br. The van der Waals surface area contributed by atoms with Crippen molar-refractivity contribution >= 4 is 31.9 Å². The third-order valence-electron chi connectivity index (χ3n) is 5.01. The molecule has 3 rings (SSSR count). The molecule has 1 aromatic rings. The lowest BCUT2D eigenvalue weighted by Gasteiger charge is -2.24. The first-order valence-corrected chi connectivity index (χ1v) is 9.44. The molecule has 3 heteroatoms. The molecule has 2 bridgehead atoms. The number of fused-ring (bicyclic) bond motifs is 2. The van der Waals surface area contributed by atoms with Gasteiger partial charge in [0.2, 0.25) is 0 Å². The molecule has 1 nitrogen and oxygen atoms in total. The number of benzene rings is 1. The lowest BCUT2D eigenvalue weighted by molar-refractivity contribution is 0.314. The van der Waals surface area contributed by atoms with Crippen LogP contribution in [-0.4, -0.2) is 6.61 Å². The number of hydrogen-bond acceptors (Lipinski definition) is 1. The van der Waals surface area contributed by atoms with Crippen molar-refractivity contribution in [2.75, 3.05) is 6.61 Å². The quantitative estimate of drug-likeness (QED) is 0.540. The van der Waals surface area contributed by atoms with Gasteiger partial charge in [0.05, 0.1) is 11.1 Å². The molecule has 0 heterocycles. The Morgan fingerprint density at radius 2 is 2.15 bits per heavy atom. The van der Waals surface area contributed by atoms with Crippen LogP contribution in [0.1, 0.15) is 49.4 Å². The molecule has 4 atom stereocenters. The predicted octanol–water partition coefficient (Wildman–Crippen LogP) is 6.11. The number of ether oxygens (including phenoxy) is 1. The summed E-state index contributed by atoms with van der Waals surface area (Å²) in [6, 6.07) is 6.48. The second-order valence-electron chi connectivity index (χ2n) is 6.26. The van der Waals surface area contributed by atoms with Gasteiger partial charge in [0, 0.05) is 4.83 Å². The third-order valence-corrected chi connectivity index (χ3v) is 6.53. The molecule has 0 saturated heterocycles. The molecule has 110 valence electrons. The standard InChI is InChI=1S/C17H22Br2O/c1-2-20-17-6-5-13(9-16(17)19)15(18)10-14-8-11-3-4-12(14)7-11/h5-6,9,11-12,14-15H,2-4,7-8,10H2,1H3. The van der Waals surface area contributed by atoms with Gasteiger partial charge in [0.25, 0.3) is 0 Å². The molecule has 0 radical (unpaired) electrons. The van der Waals surface area contributed by atoms with E-state index in [-0.39, 0.29) is 0 Å². The largest absolute Gasteiger partial charge is 0.493 e. The Labute approximate surface area is 138 Å². The average Bonchev–Trinajstić information content (AvgIpc) is 3.03. The summed E-state index contributed by atoms with van der Waals surface area (Å²) < 4.78 is 6.65. The van der Waals surface area contributed by atoms with Gasteiger partial charge in [0.15, 0.2) is 0 Å². The Bertz CT molecular complexity index is 474. The maximum Gasteiger partial charge on any atom is 0.133 e. The van der Waals surface area contributed by atoms with Crippen molar-refractivity contribution in [3.8, 4) is 5.75 Å². The Morgan fingerprint density at radius 3 is 2.75 bits per heavy atom.